The van der Waals surface area contributed by atoms with Crippen LogP contribution in [0.25, 0.3) is 66.4 Å². The van der Waals surface area contributed by atoms with E-state index >= 15 is 0 Å². The molecule has 0 N–H and O–H groups in total. The van der Waals surface area contributed by atoms with Crippen LogP contribution in [0.4, 0.5) is 11.6 Å². The minimum absolute atomic E-state index is 0.0204. The fourth-order valence-electron chi connectivity index (χ4n) is 8.68. The zero-order chi connectivity index (χ0) is 34.2. The van der Waals surface area contributed by atoms with Gasteiger partial charge in [-0.1, -0.05) is 146 Å². The molecule has 3 heterocycles. The SMILES string of the molecule is C1=CC2=CC=C3c4ccc(-c5cccc6c5c5ccccc5n6-c5ccccc5)cc4N(c4nc(-c5ccccc5)c5ccccc5n4)C3C2C=C1. The van der Waals surface area contributed by atoms with Crippen molar-refractivity contribution in [2.45, 2.75) is 6.04 Å². The largest absolute Gasteiger partial charge is 0.309 e. The first-order chi connectivity index (χ1) is 25.8. The molecule has 0 amide bonds. The maximum atomic E-state index is 5.43. The molecule has 52 heavy (non-hydrogen) atoms. The maximum absolute atomic E-state index is 5.43. The molecule has 6 aromatic carbocycles. The first-order valence-electron chi connectivity index (χ1n) is 17.9. The van der Waals surface area contributed by atoms with Gasteiger partial charge >= 0.3 is 0 Å². The zero-order valence-corrected chi connectivity index (χ0v) is 28.3. The minimum atomic E-state index is 0.0204. The second kappa shape index (κ2) is 11.4. The Balaban J connectivity index is 1.16. The van der Waals surface area contributed by atoms with Crippen molar-refractivity contribution in [3.8, 4) is 28.1 Å². The molecule has 11 rings (SSSR count). The summed E-state index contributed by atoms with van der Waals surface area (Å²) < 4.78 is 2.39. The van der Waals surface area contributed by atoms with E-state index in [1.54, 1.807) is 0 Å². The lowest BCUT2D eigenvalue weighted by molar-refractivity contribution is 0.660. The average molecular weight is 665 g/mol. The summed E-state index contributed by atoms with van der Waals surface area (Å²) in [5.74, 6) is 0.885. The van der Waals surface area contributed by atoms with Gasteiger partial charge in [0.25, 0.3) is 0 Å². The van der Waals surface area contributed by atoms with E-state index in [1.165, 1.54) is 49.6 Å². The van der Waals surface area contributed by atoms with E-state index < -0.39 is 0 Å². The maximum Gasteiger partial charge on any atom is 0.231 e. The van der Waals surface area contributed by atoms with Crippen LogP contribution in [0.15, 0.2) is 188 Å². The Kier molecular flexibility index (Phi) is 6.34. The van der Waals surface area contributed by atoms with Crippen molar-refractivity contribution in [3.05, 3.63) is 193 Å². The van der Waals surface area contributed by atoms with Gasteiger partial charge < -0.3 is 9.47 Å². The van der Waals surface area contributed by atoms with Crippen LogP contribution in [0.3, 0.4) is 0 Å². The Bertz CT molecular complexity index is 2860. The van der Waals surface area contributed by atoms with E-state index in [2.05, 4.69) is 192 Å². The van der Waals surface area contributed by atoms with Crippen LogP contribution in [0.5, 0.6) is 0 Å². The van der Waals surface area contributed by atoms with Gasteiger partial charge in [0.1, 0.15) is 0 Å². The quantitative estimate of drug-likeness (QED) is 0.188. The molecule has 0 saturated carbocycles. The van der Waals surface area contributed by atoms with Crippen molar-refractivity contribution in [1.29, 1.82) is 0 Å². The summed E-state index contributed by atoms with van der Waals surface area (Å²) >= 11 is 0. The highest BCUT2D eigenvalue weighted by Gasteiger charge is 2.43. The van der Waals surface area contributed by atoms with Crippen molar-refractivity contribution in [2.75, 3.05) is 4.90 Å². The Labute approximate surface area is 301 Å². The molecule has 0 fully saturated rings. The lowest BCUT2D eigenvalue weighted by Crippen LogP contribution is -2.37. The van der Waals surface area contributed by atoms with Gasteiger partial charge in [-0.2, -0.15) is 0 Å². The summed E-state index contributed by atoms with van der Waals surface area (Å²) in [5, 5.41) is 3.54. The summed E-state index contributed by atoms with van der Waals surface area (Å²) in [6.07, 6.45) is 13.5. The van der Waals surface area contributed by atoms with Gasteiger partial charge in [0.2, 0.25) is 5.95 Å². The molecular weight excluding hydrogens is 633 g/mol. The predicted molar refractivity (Wildman–Crippen MR) is 215 cm³/mol. The number of nitrogens with zero attached hydrogens (tertiary/aromatic N) is 4. The van der Waals surface area contributed by atoms with E-state index in [0.29, 0.717) is 5.95 Å². The highest BCUT2D eigenvalue weighted by Crippen LogP contribution is 2.52. The summed E-state index contributed by atoms with van der Waals surface area (Å²) in [7, 11) is 0. The minimum Gasteiger partial charge on any atom is -0.309 e. The molecule has 0 saturated heterocycles. The lowest BCUT2D eigenvalue weighted by Gasteiger charge is -2.35. The number of allylic oxidation sites excluding steroid dienone is 5. The summed E-state index contributed by atoms with van der Waals surface area (Å²) in [6.45, 7) is 0. The smallest absolute Gasteiger partial charge is 0.231 e. The van der Waals surface area contributed by atoms with Crippen LogP contribution in [0.1, 0.15) is 5.56 Å². The van der Waals surface area contributed by atoms with E-state index in [-0.39, 0.29) is 12.0 Å². The number of hydrogen-bond acceptors (Lipinski definition) is 3. The van der Waals surface area contributed by atoms with Crippen LogP contribution in [-0.4, -0.2) is 20.6 Å². The molecule has 4 nitrogen and oxygen atoms in total. The monoisotopic (exact) mass is 664 g/mol. The second-order valence-electron chi connectivity index (χ2n) is 13.7. The molecule has 2 atom stereocenters. The second-order valence-corrected chi connectivity index (χ2v) is 13.7. The Hall–Kier alpha value is -6.78. The topological polar surface area (TPSA) is 34.0 Å². The van der Waals surface area contributed by atoms with Gasteiger partial charge in [-0.25, -0.2) is 9.97 Å². The molecular formula is C48H32N4. The fraction of sp³-hybridized carbons (Fsp3) is 0.0417. The molecule has 8 aromatic rings. The molecule has 244 valence electrons. The van der Waals surface area contributed by atoms with Crippen LogP contribution in [0, 0.1) is 5.92 Å². The van der Waals surface area contributed by atoms with Gasteiger partial charge in [0.05, 0.1) is 34.0 Å². The van der Waals surface area contributed by atoms with Crippen LogP contribution in [-0.2, 0) is 0 Å². The molecule has 0 spiro atoms. The average Bonchev–Trinajstić information content (AvgIpc) is 3.74. The zero-order valence-electron chi connectivity index (χ0n) is 28.3. The highest BCUT2D eigenvalue weighted by atomic mass is 15.3. The normalized spacial score (nSPS) is 17.3. The number of fused-ring (bicyclic) bond motifs is 9. The van der Waals surface area contributed by atoms with Gasteiger partial charge in [-0.3, -0.25) is 0 Å². The first-order valence-corrected chi connectivity index (χ1v) is 17.9. The van der Waals surface area contributed by atoms with Crippen molar-refractivity contribution in [1.82, 2.24) is 14.5 Å². The number of para-hydroxylation sites is 3. The van der Waals surface area contributed by atoms with Crippen molar-refractivity contribution < 1.29 is 0 Å². The number of rotatable bonds is 4. The van der Waals surface area contributed by atoms with E-state index in [0.717, 1.165) is 33.5 Å². The summed E-state index contributed by atoms with van der Waals surface area (Å²) in [4.78, 5) is 13.2. The third kappa shape index (κ3) is 4.28. The fourth-order valence-corrected chi connectivity index (χ4v) is 8.68. The number of benzene rings is 6. The Morgan fingerprint density at radius 2 is 1.33 bits per heavy atom. The van der Waals surface area contributed by atoms with Crippen LogP contribution in [0.2, 0.25) is 0 Å². The number of anilines is 2. The molecule has 1 aliphatic heterocycles. The lowest BCUT2D eigenvalue weighted by atomic mass is 9.79. The van der Waals surface area contributed by atoms with E-state index in [9.17, 15) is 0 Å². The van der Waals surface area contributed by atoms with Gasteiger partial charge in [0, 0.05) is 38.9 Å². The number of aromatic nitrogens is 3. The van der Waals surface area contributed by atoms with Crippen molar-refractivity contribution in [3.63, 3.8) is 0 Å². The Morgan fingerprint density at radius 1 is 0.558 bits per heavy atom. The molecule has 3 aliphatic rings. The van der Waals surface area contributed by atoms with Crippen LogP contribution < -0.4 is 4.90 Å². The summed E-state index contributed by atoms with van der Waals surface area (Å²) in [6, 6.07) is 52.0. The standard InChI is InChI=1S/C48H32N4/c1-3-15-32(16-4-1)46-39-20-9-11-23-41(39)49-48(50-46)52-44-30-33(27-28-37(44)38-29-26-31-14-7-8-19-36(31)47(38)52)35-22-13-25-43-45(35)40-21-10-12-24-42(40)51(43)34-17-5-2-6-18-34/h1-30,36,47H. The van der Waals surface area contributed by atoms with E-state index in [1.807, 2.05) is 0 Å². The van der Waals surface area contributed by atoms with Gasteiger partial charge in [-0.15, -0.1) is 0 Å². The number of hydrogen-bond donors (Lipinski definition) is 0. The highest BCUT2D eigenvalue weighted by molar-refractivity contribution is 6.16. The first kappa shape index (κ1) is 29.0. The third-order valence-corrected chi connectivity index (χ3v) is 10.9. The van der Waals surface area contributed by atoms with Gasteiger partial charge in [0.15, 0.2) is 0 Å². The molecule has 4 heteroatoms. The molecule has 2 aliphatic carbocycles. The molecule has 2 unspecified atom stereocenters. The van der Waals surface area contributed by atoms with Gasteiger partial charge in [-0.05, 0) is 58.7 Å². The van der Waals surface area contributed by atoms with Crippen molar-refractivity contribution in [2.24, 2.45) is 5.92 Å². The summed E-state index contributed by atoms with van der Waals surface area (Å²) in [5.41, 5.74) is 13.8. The van der Waals surface area contributed by atoms with Crippen LogP contribution >= 0.6 is 0 Å². The third-order valence-electron chi connectivity index (χ3n) is 10.9. The van der Waals surface area contributed by atoms with E-state index in [4.69, 9.17) is 9.97 Å². The molecule has 0 radical (unpaired) electrons. The predicted octanol–water partition coefficient (Wildman–Crippen LogP) is 11.6. The van der Waals surface area contributed by atoms with Crippen molar-refractivity contribution >= 4 is 49.9 Å². The molecule has 0 bridgehead atoms. The molecule has 2 aromatic heterocycles. The Morgan fingerprint density at radius 3 is 2.21 bits per heavy atom.